The Balaban J connectivity index is 3.50. The molecule has 58 valence electrons. The van der Waals surface area contributed by atoms with E-state index >= 15 is 0 Å². The summed E-state index contributed by atoms with van der Waals surface area (Å²) >= 11 is 0. The number of unbranched alkanes of at least 4 members (excludes halogenated alkanes) is 1. The zero-order chi connectivity index (χ0) is 7.98. The van der Waals surface area contributed by atoms with Gasteiger partial charge >= 0.3 is 5.91 Å². The van der Waals surface area contributed by atoms with Gasteiger partial charge in [0.05, 0.1) is 6.42 Å². The molecule has 0 aliphatic carbocycles. The summed E-state index contributed by atoms with van der Waals surface area (Å²) < 4.78 is 0. The van der Waals surface area contributed by atoms with E-state index < -0.39 is 0 Å². The van der Waals surface area contributed by atoms with Gasteiger partial charge in [-0.15, -0.1) is 0 Å². The normalized spacial score (nSPS) is 9.40. The van der Waals surface area contributed by atoms with Gasteiger partial charge in [0.2, 0.25) is 0 Å². The van der Waals surface area contributed by atoms with Crippen molar-refractivity contribution in [1.82, 2.24) is 0 Å². The Bertz CT molecular complexity index is 101. The number of rotatable bonds is 5. The van der Waals surface area contributed by atoms with Crippen LogP contribution in [0.15, 0.2) is 0 Å². The maximum Gasteiger partial charge on any atom is 0.401 e. The molecule has 0 saturated carbocycles. The van der Waals surface area contributed by atoms with Crippen molar-refractivity contribution in [1.29, 1.82) is 0 Å². The summed E-state index contributed by atoms with van der Waals surface area (Å²) in [5.74, 6) is 0.651. The molecule has 2 heteroatoms. The molecule has 0 aliphatic heterocycles. The first-order valence-corrected chi connectivity index (χ1v) is 3.86. The molecule has 0 aliphatic rings. The van der Waals surface area contributed by atoms with Crippen LogP contribution >= 0.6 is 0 Å². The Morgan fingerprint density at radius 3 is 2.40 bits per heavy atom. The third kappa shape index (κ3) is 3.38. The predicted octanol–water partition coefficient (Wildman–Crippen LogP) is 1.65. The highest BCUT2D eigenvalue weighted by molar-refractivity contribution is 5.88. The molecular formula is C8H16NO+. The number of hydrogen-bond donors (Lipinski definition) is 1. The molecule has 0 aromatic carbocycles. The Kier molecular flexibility index (Phi) is 4.81. The molecule has 0 saturated heterocycles. The molecule has 0 bridgehead atoms. The van der Waals surface area contributed by atoms with Gasteiger partial charge in [0.25, 0.3) is 0 Å². The van der Waals surface area contributed by atoms with E-state index in [1.807, 2.05) is 6.92 Å². The second-order valence-electron chi connectivity index (χ2n) is 2.42. The third-order valence-electron chi connectivity index (χ3n) is 1.61. The Hall–Kier alpha value is -0.660. The maximum absolute atomic E-state index is 10.6. The number of hydrogen-bond acceptors (Lipinski definition) is 1. The maximum atomic E-state index is 10.6. The van der Waals surface area contributed by atoms with Crippen LogP contribution in [0.2, 0.25) is 0 Å². The number of carbonyl (C=O) groups excluding carboxylic acids is 1. The van der Waals surface area contributed by atoms with E-state index in [0.29, 0.717) is 0 Å². The average Bonchev–Trinajstić information content (AvgIpc) is 1.89. The minimum absolute atomic E-state index is 0.226. The smallest absolute Gasteiger partial charge is 0.329 e. The van der Waals surface area contributed by atoms with Gasteiger partial charge in [-0.05, 0) is 13.3 Å². The lowest BCUT2D eigenvalue weighted by Crippen LogP contribution is -2.20. The summed E-state index contributed by atoms with van der Waals surface area (Å²) in [7, 11) is 0. The van der Waals surface area contributed by atoms with Crippen LogP contribution in [0.3, 0.4) is 0 Å². The second-order valence-corrected chi connectivity index (χ2v) is 2.42. The molecule has 2 nitrogen and oxygen atoms in total. The summed E-state index contributed by atoms with van der Waals surface area (Å²) in [5.41, 5.74) is 5.11. The van der Waals surface area contributed by atoms with Crippen LogP contribution in [0.25, 0.3) is 0 Å². The van der Waals surface area contributed by atoms with E-state index in [9.17, 15) is 4.79 Å². The lowest BCUT2D eigenvalue weighted by Gasteiger charge is -1.96. The van der Waals surface area contributed by atoms with Crippen LogP contribution < -0.4 is 5.73 Å². The molecule has 0 aromatic rings. The molecule has 0 unspecified atom stereocenters. The minimum atomic E-state index is -0.226. The first-order valence-electron chi connectivity index (χ1n) is 3.86. The standard InChI is InChI=1S/C8H15NO/c1-3-5-6-7(4-2)8(9)10/h3-6H2,1-2H3,(H-,9,10)/p+1. The van der Waals surface area contributed by atoms with E-state index in [4.69, 9.17) is 5.73 Å². The molecule has 0 atom stereocenters. The lowest BCUT2D eigenvalue weighted by molar-refractivity contribution is -0.116. The fourth-order valence-electron chi connectivity index (χ4n) is 0.864. The summed E-state index contributed by atoms with van der Waals surface area (Å²) in [6.07, 6.45) is 3.88. The summed E-state index contributed by atoms with van der Waals surface area (Å²) in [6.45, 7) is 4.07. The van der Waals surface area contributed by atoms with E-state index in [1.165, 1.54) is 0 Å². The Morgan fingerprint density at radius 2 is 2.10 bits per heavy atom. The van der Waals surface area contributed by atoms with Gasteiger partial charge < -0.3 is 5.73 Å². The minimum Gasteiger partial charge on any atom is -0.329 e. The molecule has 2 N–H and O–H groups in total. The Labute approximate surface area is 62.8 Å². The molecule has 0 radical (unpaired) electrons. The van der Waals surface area contributed by atoms with Crippen molar-refractivity contribution in [2.45, 2.75) is 39.5 Å². The molecule has 10 heavy (non-hydrogen) atoms. The predicted molar refractivity (Wildman–Crippen MR) is 42.3 cm³/mol. The average molecular weight is 142 g/mol. The summed E-state index contributed by atoms with van der Waals surface area (Å²) in [5, 5.41) is 0. The van der Waals surface area contributed by atoms with Crippen molar-refractivity contribution < 1.29 is 4.79 Å². The van der Waals surface area contributed by atoms with Crippen molar-refractivity contribution >= 4 is 5.91 Å². The zero-order valence-corrected chi connectivity index (χ0v) is 6.81. The molecule has 1 amide bonds. The first kappa shape index (κ1) is 9.34. The van der Waals surface area contributed by atoms with E-state index in [1.54, 1.807) is 0 Å². The highest BCUT2D eigenvalue weighted by Gasteiger charge is 2.24. The number of primary amides is 1. The van der Waals surface area contributed by atoms with Gasteiger partial charge in [0.15, 0.2) is 5.92 Å². The van der Waals surface area contributed by atoms with Crippen molar-refractivity contribution in [3.63, 3.8) is 0 Å². The largest absolute Gasteiger partial charge is 0.401 e. The highest BCUT2D eigenvalue weighted by Crippen LogP contribution is 2.13. The van der Waals surface area contributed by atoms with Crippen LogP contribution in [-0.2, 0) is 4.79 Å². The quantitative estimate of drug-likeness (QED) is 0.583. The SMILES string of the molecule is CCCC[C+](CC)C(N)=O. The van der Waals surface area contributed by atoms with Crippen LogP contribution in [-0.4, -0.2) is 5.91 Å². The van der Waals surface area contributed by atoms with Crippen molar-refractivity contribution in [3.8, 4) is 0 Å². The summed E-state index contributed by atoms with van der Waals surface area (Å²) in [6, 6.07) is 0. The van der Waals surface area contributed by atoms with Gasteiger partial charge in [-0.1, -0.05) is 13.3 Å². The fourth-order valence-corrected chi connectivity index (χ4v) is 0.864. The van der Waals surface area contributed by atoms with Gasteiger partial charge in [-0.3, -0.25) is 0 Å². The van der Waals surface area contributed by atoms with Crippen LogP contribution in [0.1, 0.15) is 39.5 Å². The van der Waals surface area contributed by atoms with Crippen molar-refractivity contribution in [2.75, 3.05) is 0 Å². The number of nitrogens with two attached hydrogens (primary N) is 1. The molecule has 0 heterocycles. The zero-order valence-electron chi connectivity index (χ0n) is 6.81. The van der Waals surface area contributed by atoms with Crippen molar-refractivity contribution in [2.24, 2.45) is 5.73 Å². The Morgan fingerprint density at radius 1 is 1.50 bits per heavy atom. The number of amides is 1. The van der Waals surface area contributed by atoms with Crippen molar-refractivity contribution in [3.05, 3.63) is 5.92 Å². The van der Waals surface area contributed by atoms with Gasteiger partial charge in [0, 0.05) is 0 Å². The molecule has 0 fully saturated rings. The molecule has 0 rings (SSSR count). The van der Waals surface area contributed by atoms with Gasteiger partial charge in [-0.2, -0.15) is 0 Å². The van der Waals surface area contributed by atoms with Crippen LogP contribution in [0.4, 0.5) is 0 Å². The molecule has 0 spiro atoms. The monoisotopic (exact) mass is 142 g/mol. The molecular weight excluding hydrogens is 126 g/mol. The van der Waals surface area contributed by atoms with Gasteiger partial charge in [-0.25, -0.2) is 4.79 Å². The lowest BCUT2D eigenvalue weighted by atomic mass is 9.99. The summed E-state index contributed by atoms with van der Waals surface area (Å²) in [4.78, 5) is 10.6. The van der Waals surface area contributed by atoms with E-state index in [0.717, 1.165) is 31.6 Å². The third-order valence-corrected chi connectivity index (χ3v) is 1.61. The van der Waals surface area contributed by atoms with Crippen LogP contribution in [0.5, 0.6) is 0 Å². The molecule has 0 aromatic heterocycles. The fraction of sp³-hybridized carbons (Fsp3) is 0.750. The van der Waals surface area contributed by atoms with E-state index in [-0.39, 0.29) is 5.91 Å². The first-order chi connectivity index (χ1) is 4.72. The van der Waals surface area contributed by atoms with Gasteiger partial charge in [0.1, 0.15) is 6.42 Å². The topological polar surface area (TPSA) is 43.1 Å². The van der Waals surface area contributed by atoms with E-state index in [2.05, 4.69) is 6.92 Å². The second kappa shape index (κ2) is 5.15. The number of carbonyl (C=O) groups is 1. The van der Waals surface area contributed by atoms with Crippen LogP contribution in [0, 0.1) is 5.92 Å². The highest BCUT2D eigenvalue weighted by atomic mass is 16.1.